The van der Waals surface area contributed by atoms with E-state index in [1.54, 1.807) is 35.2 Å². The van der Waals surface area contributed by atoms with Crippen molar-refractivity contribution in [2.24, 2.45) is 0 Å². The SMILES string of the molecule is CCN(CC)c1ncc(N(CC)C(=O)N2CCCC2)c(NC(Cc2ccc(N3C(=O)[C@H](N4C(=O)N(C)C5(CCCCC5)C4=O)N(C)C3=O)cc2)C(=O)O)n1. The molecule has 1 aliphatic carbocycles. The number of amides is 8. The van der Waals surface area contributed by atoms with E-state index in [0.717, 1.165) is 46.8 Å². The molecular weight excluding hydrogens is 696 g/mol. The third-order valence-corrected chi connectivity index (χ3v) is 11.2. The largest absolute Gasteiger partial charge is 0.480 e. The second-order valence-corrected chi connectivity index (χ2v) is 14.3. The molecule has 0 radical (unpaired) electrons. The van der Waals surface area contributed by atoms with Crippen LogP contribution in [0.15, 0.2) is 30.5 Å². The fourth-order valence-electron chi connectivity index (χ4n) is 8.06. The van der Waals surface area contributed by atoms with Gasteiger partial charge in [0.25, 0.3) is 11.8 Å². The molecule has 1 aromatic heterocycles. The van der Waals surface area contributed by atoms with Crippen LogP contribution in [0, 0.1) is 0 Å². The first-order valence-corrected chi connectivity index (χ1v) is 18.9. The molecule has 0 bridgehead atoms. The number of hydrogen-bond acceptors (Lipinski definition) is 10. The first-order chi connectivity index (χ1) is 25.9. The Morgan fingerprint density at radius 2 is 1.57 bits per heavy atom. The highest BCUT2D eigenvalue weighted by Gasteiger charge is 2.62. The minimum Gasteiger partial charge on any atom is -0.480 e. The number of carbonyl (C=O) groups excluding carboxylic acids is 5. The van der Waals surface area contributed by atoms with E-state index in [1.165, 1.54) is 24.1 Å². The first kappa shape index (κ1) is 38.3. The quantitative estimate of drug-likeness (QED) is 0.302. The Bertz CT molecular complexity index is 1790. The standard InChI is InChI=1S/C37H50N10O7/c1-6-43(7-2)33-38-23-27(45(8-3)36(54)44-20-12-13-21-44)28(40-33)39-26(31(49)50)22-24-14-16-25(17-15-24)46-30(48)29(41(4)34(46)52)47-32(51)37(42(5)35(47)53)18-10-9-11-19-37/h14-17,23,26,29H,6-13,18-22H2,1-5H3,(H,49,50)(H,38,39,40)/t26?,29-/m0/s1. The number of nitrogens with one attached hydrogen (secondary N) is 1. The molecule has 3 aliphatic heterocycles. The van der Waals surface area contributed by atoms with Gasteiger partial charge in [-0.1, -0.05) is 31.4 Å². The fourth-order valence-corrected chi connectivity index (χ4v) is 8.06. The topological polar surface area (TPSA) is 183 Å². The van der Waals surface area contributed by atoms with Crippen molar-refractivity contribution in [2.75, 3.05) is 66.8 Å². The van der Waals surface area contributed by atoms with E-state index in [1.807, 2.05) is 25.7 Å². The molecule has 290 valence electrons. The minimum atomic E-state index is -1.43. The number of likely N-dealkylation sites (tertiary alicyclic amines) is 1. The van der Waals surface area contributed by atoms with Gasteiger partial charge in [-0.05, 0) is 64.2 Å². The first-order valence-electron chi connectivity index (χ1n) is 18.9. The lowest BCUT2D eigenvalue weighted by molar-refractivity contribution is -0.141. The van der Waals surface area contributed by atoms with Crippen LogP contribution in [0.1, 0.15) is 71.3 Å². The molecule has 2 aromatic rings. The van der Waals surface area contributed by atoms with Crippen molar-refractivity contribution in [3.63, 3.8) is 0 Å². The van der Waals surface area contributed by atoms with Crippen LogP contribution >= 0.6 is 0 Å². The van der Waals surface area contributed by atoms with Crippen LogP contribution in [0.4, 0.5) is 37.5 Å². The second kappa shape index (κ2) is 15.5. The van der Waals surface area contributed by atoms with Crippen molar-refractivity contribution in [1.82, 2.24) is 29.6 Å². The maximum absolute atomic E-state index is 13.9. The normalized spacial score (nSPS) is 20.4. The average Bonchev–Trinajstić information content (AvgIpc) is 3.83. The minimum absolute atomic E-state index is 0.0124. The van der Waals surface area contributed by atoms with Gasteiger partial charge in [0.05, 0.1) is 11.9 Å². The number of carbonyl (C=O) groups is 6. The summed E-state index contributed by atoms with van der Waals surface area (Å²) in [5.74, 6) is -1.75. The lowest BCUT2D eigenvalue weighted by Crippen LogP contribution is -2.53. The summed E-state index contributed by atoms with van der Waals surface area (Å²) < 4.78 is 0. The highest BCUT2D eigenvalue weighted by molar-refractivity contribution is 6.23. The van der Waals surface area contributed by atoms with E-state index in [4.69, 9.17) is 4.98 Å². The Morgan fingerprint density at radius 1 is 0.926 bits per heavy atom. The molecule has 17 heteroatoms. The van der Waals surface area contributed by atoms with Crippen LogP contribution < -0.4 is 20.0 Å². The number of urea groups is 3. The van der Waals surface area contributed by atoms with Gasteiger partial charge in [0.15, 0.2) is 12.0 Å². The number of imide groups is 2. The van der Waals surface area contributed by atoms with Crippen molar-refractivity contribution in [3.8, 4) is 0 Å². The fraction of sp³-hybridized carbons (Fsp3) is 0.568. The van der Waals surface area contributed by atoms with Gasteiger partial charge < -0.3 is 25.1 Å². The van der Waals surface area contributed by atoms with Gasteiger partial charge in [-0.3, -0.25) is 19.4 Å². The van der Waals surface area contributed by atoms with Crippen molar-refractivity contribution < 1.29 is 33.9 Å². The van der Waals surface area contributed by atoms with E-state index in [0.29, 0.717) is 62.8 Å². The summed E-state index contributed by atoms with van der Waals surface area (Å²) in [6, 6.07) is 3.62. The van der Waals surface area contributed by atoms with E-state index >= 15 is 0 Å². The third kappa shape index (κ3) is 6.64. The van der Waals surface area contributed by atoms with Crippen molar-refractivity contribution in [1.29, 1.82) is 0 Å². The van der Waals surface area contributed by atoms with E-state index in [2.05, 4.69) is 10.3 Å². The predicted molar refractivity (Wildman–Crippen MR) is 200 cm³/mol. The molecule has 2 atom stereocenters. The Kier molecular flexibility index (Phi) is 11.0. The second-order valence-electron chi connectivity index (χ2n) is 14.3. The van der Waals surface area contributed by atoms with Gasteiger partial charge in [0.2, 0.25) is 5.95 Å². The number of hydrogen-bond donors (Lipinski definition) is 2. The number of aromatic nitrogens is 2. The van der Waals surface area contributed by atoms with Crippen molar-refractivity contribution >= 4 is 59.0 Å². The summed E-state index contributed by atoms with van der Waals surface area (Å²) in [5.41, 5.74) is 0.144. The van der Waals surface area contributed by atoms with Gasteiger partial charge in [-0.25, -0.2) is 34.0 Å². The van der Waals surface area contributed by atoms with E-state index < -0.39 is 47.6 Å². The number of rotatable bonds is 12. The van der Waals surface area contributed by atoms with E-state index in [9.17, 15) is 33.9 Å². The van der Waals surface area contributed by atoms with Gasteiger partial charge >= 0.3 is 24.1 Å². The third-order valence-electron chi connectivity index (χ3n) is 11.2. The van der Waals surface area contributed by atoms with Gasteiger partial charge in [0.1, 0.15) is 17.3 Å². The Morgan fingerprint density at radius 3 is 2.17 bits per heavy atom. The average molecular weight is 747 g/mol. The molecule has 1 unspecified atom stereocenters. The summed E-state index contributed by atoms with van der Waals surface area (Å²) >= 11 is 0. The zero-order valence-electron chi connectivity index (χ0n) is 31.7. The molecule has 1 spiro atoms. The smallest absolute Gasteiger partial charge is 0.333 e. The monoisotopic (exact) mass is 746 g/mol. The number of anilines is 4. The van der Waals surface area contributed by atoms with Crippen LogP contribution in [0.5, 0.6) is 0 Å². The van der Waals surface area contributed by atoms with Crippen LogP contribution in [0.25, 0.3) is 0 Å². The molecule has 8 amide bonds. The summed E-state index contributed by atoms with van der Waals surface area (Å²) in [4.78, 5) is 99.7. The Hall–Kier alpha value is -5.48. The highest BCUT2D eigenvalue weighted by Crippen LogP contribution is 2.42. The van der Waals surface area contributed by atoms with Crippen molar-refractivity contribution in [3.05, 3.63) is 36.0 Å². The zero-order chi connectivity index (χ0) is 38.9. The molecule has 4 fully saturated rings. The number of carboxylic acids is 1. The Balaban J connectivity index is 1.23. The van der Waals surface area contributed by atoms with E-state index in [-0.39, 0.29) is 24.0 Å². The van der Waals surface area contributed by atoms with Crippen LogP contribution in [-0.2, 0) is 20.8 Å². The van der Waals surface area contributed by atoms with Crippen LogP contribution in [0.2, 0.25) is 0 Å². The molecule has 17 nitrogen and oxygen atoms in total. The summed E-state index contributed by atoms with van der Waals surface area (Å²) in [7, 11) is 2.96. The van der Waals surface area contributed by atoms with Gasteiger partial charge in [-0.15, -0.1) is 0 Å². The number of carboxylic acid groups (broad SMARTS) is 1. The molecule has 1 aromatic carbocycles. The predicted octanol–water partition coefficient (Wildman–Crippen LogP) is 3.79. The number of likely N-dealkylation sites (N-methyl/N-ethyl adjacent to an activating group) is 2. The molecule has 2 N–H and O–H groups in total. The van der Waals surface area contributed by atoms with Gasteiger partial charge in [-0.2, -0.15) is 4.98 Å². The van der Waals surface area contributed by atoms with Crippen molar-refractivity contribution in [2.45, 2.75) is 89.9 Å². The van der Waals surface area contributed by atoms with Crippen LogP contribution in [0.3, 0.4) is 0 Å². The maximum atomic E-state index is 13.9. The summed E-state index contributed by atoms with van der Waals surface area (Å²) in [5, 5.41) is 13.5. The summed E-state index contributed by atoms with van der Waals surface area (Å²) in [6.45, 7) is 8.61. The number of nitrogens with zero attached hydrogens (tertiary/aromatic N) is 9. The molecule has 6 rings (SSSR count). The van der Waals surface area contributed by atoms with Gasteiger partial charge in [0, 0.05) is 53.2 Å². The zero-order valence-corrected chi connectivity index (χ0v) is 31.7. The molecule has 1 saturated carbocycles. The molecule has 4 aliphatic rings. The number of aliphatic carboxylic acids is 1. The highest BCUT2D eigenvalue weighted by atomic mass is 16.4. The lowest BCUT2D eigenvalue weighted by Gasteiger charge is -2.36. The van der Waals surface area contributed by atoms with Crippen LogP contribution in [-0.4, -0.2) is 135 Å². The number of benzene rings is 1. The summed E-state index contributed by atoms with van der Waals surface area (Å²) in [6.07, 6.45) is 5.49. The lowest BCUT2D eigenvalue weighted by atomic mass is 9.80. The molecule has 54 heavy (non-hydrogen) atoms. The molecule has 3 saturated heterocycles. The maximum Gasteiger partial charge on any atom is 0.333 e. The Labute approximate surface area is 314 Å². The molecular formula is C37H50N10O7. The molecule has 4 heterocycles.